The van der Waals surface area contributed by atoms with Crippen LogP contribution in [0.15, 0.2) is 24.3 Å². The SMILES string of the molecule is O=C(c1ccccc1[N+](=O)[O-])N1CCCC(Cl)C1. The maximum atomic E-state index is 12.2. The van der Waals surface area contributed by atoms with Crippen LogP contribution in [0.5, 0.6) is 0 Å². The molecule has 0 bridgehead atoms. The molecule has 1 aliphatic rings. The van der Waals surface area contributed by atoms with Gasteiger partial charge in [-0.3, -0.25) is 14.9 Å². The largest absolute Gasteiger partial charge is 0.337 e. The Morgan fingerprint density at radius 1 is 1.44 bits per heavy atom. The molecule has 6 heteroatoms. The Labute approximate surface area is 109 Å². The number of rotatable bonds is 2. The van der Waals surface area contributed by atoms with Gasteiger partial charge in [-0.25, -0.2) is 0 Å². The smallest absolute Gasteiger partial charge is 0.282 e. The van der Waals surface area contributed by atoms with Crippen molar-refractivity contribution < 1.29 is 9.72 Å². The van der Waals surface area contributed by atoms with Crippen molar-refractivity contribution in [3.8, 4) is 0 Å². The second-order valence-electron chi connectivity index (χ2n) is 4.26. The quantitative estimate of drug-likeness (QED) is 0.470. The Kier molecular flexibility index (Phi) is 3.81. The minimum absolute atomic E-state index is 0.0644. The van der Waals surface area contributed by atoms with E-state index in [-0.39, 0.29) is 22.5 Å². The molecule has 1 unspecified atom stereocenters. The highest BCUT2D eigenvalue weighted by atomic mass is 35.5. The number of carbonyl (C=O) groups excluding carboxylic acids is 1. The van der Waals surface area contributed by atoms with Gasteiger partial charge in [-0.15, -0.1) is 11.6 Å². The molecule has 96 valence electrons. The number of nitrogens with zero attached hydrogens (tertiary/aromatic N) is 2. The summed E-state index contributed by atoms with van der Waals surface area (Å²) in [5.41, 5.74) is -0.0209. The van der Waals surface area contributed by atoms with Gasteiger partial charge < -0.3 is 4.90 Å². The number of alkyl halides is 1. The molecule has 1 heterocycles. The molecule has 2 rings (SSSR count). The van der Waals surface area contributed by atoms with Gasteiger partial charge in [0.25, 0.3) is 11.6 Å². The average molecular weight is 269 g/mol. The maximum Gasteiger partial charge on any atom is 0.282 e. The molecule has 0 aliphatic carbocycles. The van der Waals surface area contributed by atoms with Crippen LogP contribution in [0.2, 0.25) is 0 Å². The van der Waals surface area contributed by atoms with Crippen LogP contribution in [-0.2, 0) is 0 Å². The first-order valence-electron chi connectivity index (χ1n) is 5.76. The van der Waals surface area contributed by atoms with Crippen LogP contribution in [0.3, 0.4) is 0 Å². The number of nitro benzene ring substituents is 1. The van der Waals surface area contributed by atoms with Gasteiger partial charge in [-0.1, -0.05) is 12.1 Å². The van der Waals surface area contributed by atoms with Gasteiger partial charge in [0.15, 0.2) is 0 Å². The summed E-state index contributed by atoms with van der Waals surface area (Å²) in [7, 11) is 0. The van der Waals surface area contributed by atoms with E-state index in [1.54, 1.807) is 17.0 Å². The number of benzene rings is 1. The summed E-state index contributed by atoms with van der Waals surface area (Å²) < 4.78 is 0. The summed E-state index contributed by atoms with van der Waals surface area (Å²) in [4.78, 5) is 24.2. The van der Waals surface area contributed by atoms with Gasteiger partial charge in [0, 0.05) is 19.2 Å². The van der Waals surface area contributed by atoms with Gasteiger partial charge in [0.2, 0.25) is 0 Å². The van der Waals surface area contributed by atoms with Crippen molar-refractivity contribution in [3.05, 3.63) is 39.9 Å². The number of likely N-dealkylation sites (tertiary alicyclic amines) is 1. The van der Waals surface area contributed by atoms with E-state index in [0.29, 0.717) is 13.1 Å². The molecular weight excluding hydrogens is 256 g/mol. The van der Waals surface area contributed by atoms with Crippen LogP contribution < -0.4 is 0 Å². The highest BCUT2D eigenvalue weighted by Crippen LogP contribution is 2.22. The molecule has 0 spiro atoms. The van der Waals surface area contributed by atoms with Crippen LogP contribution in [0.1, 0.15) is 23.2 Å². The zero-order chi connectivity index (χ0) is 13.1. The molecule has 1 fully saturated rings. The molecule has 18 heavy (non-hydrogen) atoms. The Balaban J connectivity index is 2.25. The highest BCUT2D eigenvalue weighted by molar-refractivity contribution is 6.21. The summed E-state index contributed by atoms with van der Waals surface area (Å²) in [5, 5.41) is 10.8. The molecule has 5 nitrogen and oxygen atoms in total. The number of carbonyl (C=O) groups is 1. The first-order chi connectivity index (χ1) is 8.59. The molecule has 0 aromatic heterocycles. The van der Waals surface area contributed by atoms with Crippen LogP contribution in [0, 0.1) is 10.1 Å². The third kappa shape index (κ3) is 2.61. The summed E-state index contributed by atoms with van der Waals surface area (Å²) in [6.07, 6.45) is 1.71. The zero-order valence-electron chi connectivity index (χ0n) is 9.71. The molecule has 1 atom stereocenters. The van der Waals surface area contributed by atoms with Gasteiger partial charge >= 0.3 is 0 Å². The van der Waals surface area contributed by atoms with E-state index in [0.717, 1.165) is 12.8 Å². The van der Waals surface area contributed by atoms with E-state index in [9.17, 15) is 14.9 Å². The highest BCUT2D eigenvalue weighted by Gasteiger charge is 2.27. The molecule has 1 saturated heterocycles. The number of para-hydroxylation sites is 1. The minimum Gasteiger partial charge on any atom is -0.337 e. The number of nitro groups is 1. The van der Waals surface area contributed by atoms with Crippen molar-refractivity contribution in [2.75, 3.05) is 13.1 Å². The van der Waals surface area contributed by atoms with Crippen molar-refractivity contribution in [2.45, 2.75) is 18.2 Å². The monoisotopic (exact) mass is 268 g/mol. The second-order valence-corrected chi connectivity index (χ2v) is 4.88. The molecule has 0 N–H and O–H groups in total. The van der Waals surface area contributed by atoms with Crippen molar-refractivity contribution in [1.29, 1.82) is 0 Å². The molecular formula is C12H13ClN2O3. The van der Waals surface area contributed by atoms with Crippen molar-refractivity contribution in [3.63, 3.8) is 0 Å². The Bertz CT molecular complexity index is 478. The van der Waals surface area contributed by atoms with Crippen LogP contribution in [0.25, 0.3) is 0 Å². The van der Waals surface area contributed by atoms with Crippen LogP contribution in [-0.4, -0.2) is 34.2 Å². The standard InChI is InChI=1S/C12H13ClN2O3/c13-9-4-3-7-14(8-9)12(16)10-5-1-2-6-11(10)15(17)18/h1-2,5-6,9H,3-4,7-8H2. The van der Waals surface area contributed by atoms with E-state index >= 15 is 0 Å². The Morgan fingerprint density at radius 3 is 2.83 bits per heavy atom. The average Bonchev–Trinajstić information content (AvgIpc) is 2.38. The lowest BCUT2D eigenvalue weighted by Crippen LogP contribution is -2.40. The normalized spacial score (nSPS) is 19.6. The van der Waals surface area contributed by atoms with E-state index < -0.39 is 4.92 Å². The fraction of sp³-hybridized carbons (Fsp3) is 0.417. The molecule has 1 aliphatic heterocycles. The number of hydrogen-bond acceptors (Lipinski definition) is 3. The van der Waals surface area contributed by atoms with Crippen molar-refractivity contribution in [1.82, 2.24) is 4.90 Å². The first-order valence-corrected chi connectivity index (χ1v) is 6.20. The van der Waals surface area contributed by atoms with Crippen molar-refractivity contribution in [2.24, 2.45) is 0 Å². The van der Waals surface area contributed by atoms with E-state index in [2.05, 4.69) is 0 Å². The second kappa shape index (κ2) is 5.35. The number of hydrogen-bond donors (Lipinski definition) is 0. The first kappa shape index (κ1) is 12.8. The molecule has 0 radical (unpaired) electrons. The van der Waals surface area contributed by atoms with Crippen molar-refractivity contribution >= 4 is 23.2 Å². The zero-order valence-corrected chi connectivity index (χ0v) is 10.5. The van der Waals surface area contributed by atoms with Crippen LogP contribution in [0.4, 0.5) is 5.69 Å². The Morgan fingerprint density at radius 2 is 2.17 bits per heavy atom. The minimum atomic E-state index is -0.532. The number of halogens is 1. The fourth-order valence-electron chi connectivity index (χ4n) is 2.09. The van der Waals surface area contributed by atoms with E-state index in [1.165, 1.54) is 12.1 Å². The van der Waals surface area contributed by atoms with E-state index in [1.807, 2.05) is 0 Å². The third-order valence-corrected chi connectivity index (χ3v) is 3.34. The van der Waals surface area contributed by atoms with Gasteiger partial charge in [-0.2, -0.15) is 0 Å². The lowest BCUT2D eigenvalue weighted by Gasteiger charge is -2.29. The predicted octanol–water partition coefficient (Wildman–Crippen LogP) is 2.44. The number of amides is 1. The molecule has 1 aromatic carbocycles. The lowest BCUT2D eigenvalue weighted by atomic mass is 10.1. The third-order valence-electron chi connectivity index (χ3n) is 2.98. The van der Waals surface area contributed by atoms with E-state index in [4.69, 9.17) is 11.6 Å². The van der Waals surface area contributed by atoms with Crippen LogP contribution >= 0.6 is 11.6 Å². The molecule has 0 saturated carbocycles. The molecule has 1 amide bonds. The van der Waals surface area contributed by atoms with Gasteiger partial charge in [-0.05, 0) is 18.9 Å². The summed E-state index contributed by atoms with van der Waals surface area (Å²) in [6, 6.07) is 6.01. The summed E-state index contributed by atoms with van der Waals surface area (Å²) >= 11 is 6.02. The van der Waals surface area contributed by atoms with Gasteiger partial charge in [0.05, 0.1) is 10.3 Å². The summed E-state index contributed by atoms with van der Waals surface area (Å²) in [5.74, 6) is -0.312. The summed E-state index contributed by atoms with van der Waals surface area (Å²) in [6.45, 7) is 1.06. The number of piperidine rings is 1. The fourth-order valence-corrected chi connectivity index (χ4v) is 2.41. The van der Waals surface area contributed by atoms with Gasteiger partial charge in [0.1, 0.15) is 5.56 Å². The molecule has 1 aromatic rings. The maximum absolute atomic E-state index is 12.2. The lowest BCUT2D eigenvalue weighted by molar-refractivity contribution is -0.385. The predicted molar refractivity (Wildman–Crippen MR) is 67.9 cm³/mol. The Hall–Kier alpha value is -1.62. The topological polar surface area (TPSA) is 63.4 Å².